The van der Waals surface area contributed by atoms with Gasteiger partial charge in [0.15, 0.2) is 0 Å². The number of aliphatic hydroxyl groups is 1. The zero-order chi connectivity index (χ0) is 43.1. The average molecular weight is 870 g/mol. The number of amides is 2. The molecule has 0 spiro atoms. The van der Waals surface area contributed by atoms with E-state index in [2.05, 4.69) is 36.6 Å². The number of aliphatic hydroxyl groups excluding tert-OH is 1. The molecule has 62 heavy (non-hydrogen) atoms. The van der Waals surface area contributed by atoms with E-state index in [-0.39, 0.29) is 42.5 Å². The maximum Gasteiger partial charge on any atom is 0.243 e. The van der Waals surface area contributed by atoms with Crippen molar-refractivity contribution in [3.63, 3.8) is 0 Å². The highest BCUT2D eigenvalue weighted by atomic mass is 32.1. The van der Waals surface area contributed by atoms with Gasteiger partial charge in [-0.05, 0) is 73.9 Å². The van der Waals surface area contributed by atoms with Gasteiger partial charge in [-0.25, -0.2) is 15.0 Å². The first kappa shape index (κ1) is 41.3. The molecule has 0 saturated carbocycles. The fraction of sp³-hybridized carbons (Fsp3) is 0.348. The summed E-state index contributed by atoms with van der Waals surface area (Å²) in [5, 5.41) is 37.2. The molecule has 5 aromatic heterocycles. The highest BCUT2D eigenvalue weighted by Gasteiger charge is 2.43. The number of phenolic OH excluding ortho intramolecular Hbond substituents is 1. The fourth-order valence-electron chi connectivity index (χ4n) is 8.55. The van der Waals surface area contributed by atoms with Gasteiger partial charge in [-0.1, -0.05) is 55.4 Å². The van der Waals surface area contributed by atoms with Crippen molar-refractivity contribution < 1.29 is 24.3 Å². The minimum Gasteiger partial charge on any atom is -0.507 e. The number of β-amino-alcohol motifs (C(OH)–C–C–N with tert-alkyl or cyclic N) is 1. The van der Waals surface area contributed by atoms with Crippen LogP contribution in [-0.2, 0) is 9.59 Å². The van der Waals surface area contributed by atoms with E-state index in [4.69, 9.17) is 14.5 Å². The molecule has 0 bridgehead atoms. The first-order chi connectivity index (χ1) is 30.0. The topological polar surface area (TPSA) is 184 Å². The Labute approximate surface area is 366 Å². The van der Waals surface area contributed by atoms with Crippen LogP contribution in [0, 0.1) is 12.8 Å². The molecule has 3 N–H and O–H groups in total. The second kappa shape index (κ2) is 17.3. The number of fused-ring (bicyclic) bond motifs is 1. The first-order valence-corrected chi connectivity index (χ1v) is 22.6. The van der Waals surface area contributed by atoms with E-state index in [1.54, 1.807) is 53.3 Å². The number of nitrogens with one attached hydrogen (secondary N) is 1. The van der Waals surface area contributed by atoms with Gasteiger partial charge in [0.1, 0.15) is 34.7 Å². The number of nitrogens with zero attached hydrogens (tertiary/aromatic N) is 8. The summed E-state index contributed by atoms with van der Waals surface area (Å²) in [4.78, 5) is 47.8. The zero-order valence-electron chi connectivity index (χ0n) is 34.8. The van der Waals surface area contributed by atoms with Crippen LogP contribution < -0.4 is 10.2 Å². The van der Waals surface area contributed by atoms with Crippen molar-refractivity contribution in [1.29, 1.82) is 0 Å². The monoisotopic (exact) mass is 869 g/mol. The number of phenols is 1. The molecule has 14 nitrogen and oxygen atoms in total. The Bertz CT molecular complexity index is 2710. The number of thiophene rings is 1. The fourth-order valence-corrected chi connectivity index (χ4v) is 10.6. The van der Waals surface area contributed by atoms with Crippen molar-refractivity contribution in [3.05, 3.63) is 107 Å². The van der Waals surface area contributed by atoms with E-state index >= 15 is 0 Å². The summed E-state index contributed by atoms with van der Waals surface area (Å²) in [6, 6.07) is 19.9. The molecule has 16 heteroatoms. The number of piperidine rings is 1. The van der Waals surface area contributed by atoms with Gasteiger partial charge in [-0.3, -0.25) is 9.59 Å². The number of aryl methyl sites for hydroxylation is 1. The maximum atomic E-state index is 14.3. The van der Waals surface area contributed by atoms with Crippen LogP contribution in [0.5, 0.6) is 5.75 Å². The van der Waals surface area contributed by atoms with Crippen molar-refractivity contribution in [1.82, 2.24) is 40.5 Å². The van der Waals surface area contributed by atoms with E-state index in [0.29, 0.717) is 40.1 Å². The van der Waals surface area contributed by atoms with E-state index in [1.807, 2.05) is 75.7 Å². The smallest absolute Gasteiger partial charge is 0.243 e. The van der Waals surface area contributed by atoms with Crippen LogP contribution in [0.25, 0.3) is 43.2 Å². The van der Waals surface area contributed by atoms with Crippen LogP contribution in [0.2, 0.25) is 0 Å². The molecule has 9 rings (SSSR count). The molecule has 2 aromatic carbocycles. The first-order valence-electron chi connectivity index (χ1n) is 20.9. The summed E-state index contributed by atoms with van der Waals surface area (Å²) < 4.78 is 6.86. The summed E-state index contributed by atoms with van der Waals surface area (Å²) in [5.41, 5.74) is 8.14. The molecule has 4 atom stereocenters. The maximum absolute atomic E-state index is 14.3. The van der Waals surface area contributed by atoms with Gasteiger partial charge in [0.25, 0.3) is 0 Å². The Morgan fingerprint density at radius 1 is 0.919 bits per heavy atom. The van der Waals surface area contributed by atoms with Crippen LogP contribution in [0.3, 0.4) is 0 Å². The third-order valence-corrected chi connectivity index (χ3v) is 14.2. The molecular weight excluding hydrogens is 823 g/mol. The Hall–Kier alpha value is -6.10. The molecular formula is C46H47N9O5S2. The highest BCUT2D eigenvalue weighted by molar-refractivity contribution is 7.19. The third-order valence-electron chi connectivity index (χ3n) is 12.0. The normalized spacial score (nSPS) is 18.1. The number of carbonyl (C=O) groups excluding carboxylic acids is 2. The number of anilines is 1. The third kappa shape index (κ3) is 8.29. The number of rotatable bonds is 11. The molecule has 0 aliphatic carbocycles. The second-order valence-corrected chi connectivity index (χ2v) is 18.5. The summed E-state index contributed by atoms with van der Waals surface area (Å²) in [5.74, 6) is 0.0334. The minimum atomic E-state index is -0.836. The van der Waals surface area contributed by atoms with Gasteiger partial charge in [0, 0.05) is 60.5 Å². The van der Waals surface area contributed by atoms with Gasteiger partial charge < -0.3 is 29.9 Å². The lowest BCUT2D eigenvalue weighted by Crippen LogP contribution is -2.48. The molecule has 2 aliphatic rings. The molecule has 2 saturated heterocycles. The Morgan fingerprint density at radius 2 is 1.68 bits per heavy atom. The lowest BCUT2D eigenvalue weighted by atomic mass is 9.91. The molecule has 2 fully saturated rings. The molecule has 0 radical (unpaired) electrons. The molecule has 318 valence electrons. The van der Waals surface area contributed by atoms with E-state index in [9.17, 15) is 19.8 Å². The highest BCUT2D eigenvalue weighted by Crippen LogP contribution is 2.39. The quantitative estimate of drug-likeness (QED) is 0.114. The zero-order valence-corrected chi connectivity index (χ0v) is 36.4. The van der Waals surface area contributed by atoms with E-state index in [1.165, 1.54) is 9.78 Å². The van der Waals surface area contributed by atoms with Crippen molar-refractivity contribution in [2.24, 2.45) is 5.92 Å². The van der Waals surface area contributed by atoms with Crippen LogP contribution >= 0.6 is 22.7 Å². The van der Waals surface area contributed by atoms with Crippen molar-refractivity contribution in [2.75, 3.05) is 24.5 Å². The predicted octanol–water partition coefficient (Wildman–Crippen LogP) is 7.90. The Kier molecular flexibility index (Phi) is 11.5. The molecule has 2 aliphatic heterocycles. The van der Waals surface area contributed by atoms with Crippen molar-refractivity contribution >= 4 is 50.7 Å². The SMILES string of the molecule is Cc1ncsc1-c1ccc([C@H](C)NC(=O)[C@@H]2C[C@@H](O)CN2C(=O)[C@@H](c2cc(-c3cnc(N4CCC(c5cc6nnc(-c7ccccc7O)cc6s5)CC4)nc3)no2)C(C)C)cc1. The van der Waals surface area contributed by atoms with Gasteiger partial charge in [-0.15, -0.1) is 32.9 Å². The standard InChI is InChI=1S/C46H47N9O5S2/c1-25(2)42(45(59)55-23-32(56)17-37(55)44(58)50-26(3)28-9-11-30(12-10-28)43-27(4)49-24-61-43)39-18-34(53-60-39)31-21-47-46(48-22-31)54-15-13-29(14-16-54)40-20-36-41(62-40)19-35(51-52-36)33-7-5-6-8-38(33)57/h5-12,18-22,24-26,29,32,37,42,56-57H,13-17,23H2,1-4H3,(H,50,58)/t26-,32+,37-,42+/m0/s1. The number of aromatic hydroxyl groups is 1. The number of hydrogen-bond acceptors (Lipinski definition) is 14. The van der Waals surface area contributed by atoms with E-state index < -0.39 is 18.1 Å². The number of likely N-dealkylation sites (tertiary alicyclic amines) is 1. The molecule has 7 aromatic rings. The van der Waals surface area contributed by atoms with Crippen LogP contribution in [0.1, 0.15) is 79.8 Å². The molecule has 0 unspecified atom stereocenters. The van der Waals surface area contributed by atoms with Gasteiger partial charge >= 0.3 is 0 Å². The second-order valence-electron chi connectivity index (χ2n) is 16.5. The summed E-state index contributed by atoms with van der Waals surface area (Å²) in [6.45, 7) is 9.38. The largest absolute Gasteiger partial charge is 0.507 e. The average Bonchev–Trinajstić information content (AvgIpc) is 4.11. The van der Waals surface area contributed by atoms with Crippen molar-refractivity contribution in [3.8, 4) is 38.7 Å². The summed E-state index contributed by atoms with van der Waals surface area (Å²) in [6.07, 6.45) is 4.63. The number of thiazole rings is 1. The van der Waals surface area contributed by atoms with Gasteiger partial charge in [-0.2, -0.15) is 0 Å². The van der Waals surface area contributed by atoms with Gasteiger partial charge in [0.2, 0.25) is 17.8 Å². The number of para-hydroxylation sites is 1. The number of aromatic nitrogens is 6. The number of carbonyl (C=O) groups is 2. The minimum absolute atomic E-state index is 0.0471. The lowest BCUT2D eigenvalue weighted by Gasteiger charge is -2.31. The molecule has 2 amide bonds. The number of benzene rings is 2. The Balaban J connectivity index is 0.824. The van der Waals surface area contributed by atoms with Crippen LogP contribution in [0.4, 0.5) is 5.95 Å². The summed E-state index contributed by atoms with van der Waals surface area (Å²) >= 11 is 3.32. The van der Waals surface area contributed by atoms with Crippen LogP contribution in [-0.4, -0.2) is 89.0 Å². The molecule has 7 heterocycles. The summed E-state index contributed by atoms with van der Waals surface area (Å²) in [7, 11) is 0. The number of hydrogen-bond donors (Lipinski definition) is 3. The van der Waals surface area contributed by atoms with E-state index in [0.717, 1.165) is 57.8 Å². The predicted molar refractivity (Wildman–Crippen MR) is 239 cm³/mol. The lowest BCUT2D eigenvalue weighted by molar-refractivity contribution is -0.141. The van der Waals surface area contributed by atoms with Crippen LogP contribution in [0.15, 0.2) is 89.2 Å². The van der Waals surface area contributed by atoms with Crippen molar-refractivity contribution in [2.45, 2.75) is 77.0 Å². The Morgan fingerprint density at radius 3 is 2.39 bits per heavy atom. The van der Waals surface area contributed by atoms with Gasteiger partial charge in [0.05, 0.1) is 38.6 Å².